The molecule has 23 heavy (non-hydrogen) atoms. The lowest BCUT2D eigenvalue weighted by Crippen LogP contribution is -2.31. The number of rotatable bonds is 5. The van der Waals surface area contributed by atoms with E-state index in [1.165, 1.54) is 12.5 Å². The molecule has 0 radical (unpaired) electrons. The number of nitrogens with zero attached hydrogens (tertiary/aromatic N) is 3. The molecule has 1 fully saturated rings. The van der Waals surface area contributed by atoms with Gasteiger partial charge in [-0.25, -0.2) is 23.1 Å². The van der Waals surface area contributed by atoms with E-state index in [1.54, 1.807) is 12.3 Å². The first-order chi connectivity index (χ1) is 11.0. The molecule has 1 aliphatic heterocycles. The molecule has 0 amide bonds. The van der Waals surface area contributed by atoms with Crippen molar-refractivity contribution in [1.82, 2.24) is 14.7 Å². The van der Waals surface area contributed by atoms with E-state index in [1.807, 2.05) is 6.07 Å². The van der Waals surface area contributed by atoms with Crippen LogP contribution in [0.1, 0.15) is 25.1 Å². The third-order valence-electron chi connectivity index (χ3n) is 3.60. The first-order valence-electron chi connectivity index (χ1n) is 7.36. The van der Waals surface area contributed by atoms with Gasteiger partial charge in [-0.2, -0.15) is 0 Å². The van der Waals surface area contributed by atoms with Crippen LogP contribution in [0.4, 0.5) is 5.82 Å². The summed E-state index contributed by atoms with van der Waals surface area (Å²) < 4.78 is 27.5. The van der Waals surface area contributed by atoms with Gasteiger partial charge in [-0.15, -0.1) is 11.3 Å². The van der Waals surface area contributed by atoms with Crippen LogP contribution < -0.4 is 9.62 Å². The Kier molecular flexibility index (Phi) is 5.15. The van der Waals surface area contributed by atoms with Gasteiger partial charge >= 0.3 is 0 Å². The van der Waals surface area contributed by atoms with E-state index in [0.29, 0.717) is 10.2 Å². The minimum atomic E-state index is -3.58. The summed E-state index contributed by atoms with van der Waals surface area (Å²) in [4.78, 5) is 10.8. The van der Waals surface area contributed by atoms with Crippen molar-refractivity contribution in [2.24, 2.45) is 0 Å². The van der Waals surface area contributed by atoms with Crippen molar-refractivity contribution in [1.29, 1.82) is 0 Å². The lowest BCUT2D eigenvalue weighted by atomic mass is 10.1. The van der Waals surface area contributed by atoms with E-state index in [-0.39, 0.29) is 10.8 Å². The van der Waals surface area contributed by atoms with Crippen molar-refractivity contribution in [3.63, 3.8) is 0 Å². The summed E-state index contributed by atoms with van der Waals surface area (Å²) in [7, 11) is -3.58. The molecule has 6 nitrogen and oxygen atoms in total. The van der Waals surface area contributed by atoms with Gasteiger partial charge in [-0.3, -0.25) is 0 Å². The predicted octanol–water partition coefficient (Wildman–Crippen LogP) is 2.66. The zero-order valence-corrected chi connectivity index (χ0v) is 14.8. The van der Waals surface area contributed by atoms with Gasteiger partial charge in [-0.1, -0.05) is 11.6 Å². The number of thiophene rings is 1. The van der Waals surface area contributed by atoms with Crippen molar-refractivity contribution in [2.75, 3.05) is 18.0 Å². The van der Waals surface area contributed by atoms with Crippen LogP contribution in [0, 0.1) is 0 Å². The third-order valence-corrected chi connectivity index (χ3v) is 6.73. The highest BCUT2D eigenvalue weighted by atomic mass is 35.5. The van der Waals surface area contributed by atoms with Crippen molar-refractivity contribution in [3.8, 4) is 0 Å². The second-order valence-corrected chi connectivity index (χ2v) is 8.97. The fraction of sp³-hybridized carbons (Fsp3) is 0.429. The molecule has 124 valence electrons. The van der Waals surface area contributed by atoms with Gasteiger partial charge in [0, 0.05) is 19.3 Å². The summed E-state index contributed by atoms with van der Waals surface area (Å²) in [6, 6.07) is 4.91. The summed E-state index contributed by atoms with van der Waals surface area (Å²) in [5.41, 5.74) is 0. The van der Waals surface area contributed by atoms with Gasteiger partial charge in [-0.05, 0) is 37.5 Å². The molecule has 0 aliphatic carbocycles. The number of hydrogen-bond acceptors (Lipinski definition) is 6. The van der Waals surface area contributed by atoms with Gasteiger partial charge in [0.25, 0.3) is 10.0 Å². The highest BCUT2D eigenvalue weighted by Gasteiger charge is 2.18. The van der Waals surface area contributed by atoms with E-state index in [9.17, 15) is 8.42 Å². The first kappa shape index (κ1) is 16.6. The number of halogens is 1. The van der Waals surface area contributed by atoms with Gasteiger partial charge in [0.15, 0.2) is 0 Å². The minimum Gasteiger partial charge on any atom is -0.357 e. The number of hydrogen-bond donors (Lipinski definition) is 1. The maximum Gasteiger partial charge on any atom is 0.250 e. The summed E-state index contributed by atoms with van der Waals surface area (Å²) >= 11 is 6.81. The molecule has 1 aliphatic rings. The van der Waals surface area contributed by atoms with Crippen LogP contribution in [0.15, 0.2) is 28.6 Å². The Morgan fingerprint density at radius 2 is 2.00 bits per heavy atom. The molecule has 3 rings (SSSR count). The summed E-state index contributed by atoms with van der Waals surface area (Å²) in [6.45, 7) is 2.02. The molecule has 2 aromatic rings. The van der Waals surface area contributed by atoms with E-state index in [2.05, 4.69) is 19.6 Å². The lowest BCUT2D eigenvalue weighted by Gasteiger charge is -2.27. The number of aromatic nitrogens is 2. The maximum absolute atomic E-state index is 12.2. The molecule has 2 aromatic heterocycles. The largest absolute Gasteiger partial charge is 0.357 e. The predicted molar refractivity (Wildman–Crippen MR) is 91.5 cm³/mol. The lowest BCUT2D eigenvalue weighted by molar-refractivity contribution is 0.570. The molecule has 0 atom stereocenters. The van der Waals surface area contributed by atoms with Crippen LogP contribution in [0.5, 0.6) is 0 Å². The molecule has 0 saturated carbocycles. The van der Waals surface area contributed by atoms with Crippen molar-refractivity contribution >= 4 is 38.8 Å². The molecular weight excluding hydrogens is 356 g/mol. The molecule has 0 spiro atoms. The highest BCUT2D eigenvalue weighted by Crippen LogP contribution is 2.25. The van der Waals surface area contributed by atoms with Crippen LogP contribution in [-0.4, -0.2) is 31.5 Å². The summed E-state index contributed by atoms with van der Waals surface area (Å²) in [5.74, 6) is 1.31. The van der Waals surface area contributed by atoms with Gasteiger partial charge in [0.2, 0.25) is 0 Å². The Labute approximate surface area is 144 Å². The van der Waals surface area contributed by atoms with E-state index >= 15 is 0 Å². The normalized spacial score (nSPS) is 15.8. The molecule has 1 N–H and O–H groups in total. The quantitative estimate of drug-likeness (QED) is 0.873. The van der Waals surface area contributed by atoms with Crippen molar-refractivity contribution in [3.05, 3.63) is 34.6 Å². The second-order valence-electron chi connectivity index (χ2n) is 5.26. The van der Waals surface area contributed by atoms with Crippen LogP contribution in [0.3, 0.4) is 0 Å². The average Bonchev–Trinajstić information content (AvgIpc) is 3.02. The SMILES string of the molecule is O=S(=O)(NCc1nccc(N2CCCCC2)n1)c1ccc(Cl)s1. The van der Waals surface area contributed by atoms with Crippen LogP contribution >= 0.6 is 22.9 Å². The first-order valence-corrected chi connectivity index (χ1v) is 10.0. The molecule has 0 bridgehead atoms. The Morgan fingerprint density at radius 3 is 2.70 bits per heavy atom. The number of piperidine rings is 1. The standard InChI is InChI=1S/C14H17ClN4O2S2/c15-11-4-5-14(22-11)23(20,21)17-10-12-16-7-6-13(18-12)19-8-2-1-3-9-19/h4-7,17H,1-3,8-10H2. The second kappa shape index (κ2) is 7.12. The van der Waals surface area contributed by atoms with Gasteiger partial charge in [0.05, 0.1) is 10.9 Å². The fourth-order valence-corrected chi connectivity index (χ4v) is 4.95. The third kappa shape index (κ3) is 4.20. The molecule has 0 unspecified atom stereocenters. The zero-order valence-electron chi connectivity index (χ0n) is 12.4. The molecule has 3 heterocycles. The summed E-state index contributed by atoms with van der Waals surface area (Å²) in [5, 5.41) is 0. The number of nitrogens with one attached hydrogen (secondary N) is 1. The minimum absolute atomic E-state index is 0.0551. The molecule has 0 aromatic carbocycles. The summed E-state index contributed by atoms with van der Waals surface area (Å²) in [6.07, 6.45) is 5.23. The molecular formula is C14H17ClN4O2S2. The van der Waals surface area contributed by atoms with Crippen molar-refractivity contribution < 1.29 is 8.42 Å². The van der Waals surface area contributed by atoms with Crippen LogP contribution in [-0.2, 0) is 16.6 Å². The Morgan fingerprint density at radius 1 is 1.22 bits per heavy atom. The van der Waals surface area contributed by atoms with E-state index < -0.39 is 10.0 Å². The van der Waals surface area contributed by atoms with Crippen LogP contribution in [0.2, 0.25) is 4.34 Å². The van der Waals surface area contributed by atoms with Gasteiger partial charge < -0.3 is 4.90 Å². The Bertz CT molecular complexity index is 773. The monoisotopic (exact) mass is 372 g/mol. The van der Waals surface area contributed by atoms with E-state index in [4.69, 9.17) is 11.6 Å². The highest BCUT2D eigenvalue weighted by molar-refractivity contribution is 7.91. The topological polar surface area (TPSA) is 75.2 Å². The van der Waals surface area contributed by atoms with Crippen LogP contribution in [0.25, 0.3) is 0 Å². The average molecular weight is 373 g/mol. The maximum atomic E-state index is 12.2. The zero-order chi connectivity index (χ0) is 16.3. The number of anilines is 1. The van der Waals surface area contributed by atoms with E-state index in [0.717, 1.165) is 43.1 Å². The molecule has 1 saturated heterocycles. The van der Waals surface area contributed by atoms with Gasteiger partial charge in [0.1, 0.15) is 15.9 Å². The number of sulfonamides is 1. The smallest absolute Gasteiger partial charge is 0.250 e. The van der Waals surface area contributed by atoms with Crippen molar-refractivity contribution in [2.45, 2.75) is 30.0 Å². The molecule has 9 heteroatoms. The Balaban J connectivity index is 1.68. The Hall–Kier alpha value is -1.22. The fourth-order valence-electron chi connectivity index (χ4n) is 2.45.